The van der Waals surface area contributed by atoms with Gasteiger partial charge >= 0.3 is 5.97 Å². The number of aliphatic hydroxyl groups is 1. The summed E-state index contributed by atoms with van der Waals surface area (Å²) in [6, 6.07) is -1.13. The van der Waals surface area contributed by atoms with Gasteiger partial charge in [0.25, 0.3) is 5.09 Å². The zero-order chi connectivity index (χ0) is 9.44. The van der Waals surface area contributed by atoms with Crippen molar-refractivity contribution in [2.24, 2.45) is 5.73 Å². The van der Waals surface area contributed by atoms with E-state index in [1.807, 2.05) is 0 Å². The maximum atomic E-state index is 9.65. The van der Waals surface area contributed by atoms with E-state index in [1.165, 1.54) is 0 Å². The Morgan fingerprint density at radius 1 is 1.67 bits per heavy atom. The van der Waals surface area contributed by atoms with Gasteiger partial charge in [-0.25, -0.2) is 0 Å². The smallest absolute Gasteiger partial charge is 0.322 e. The molecule has 0 rings (SSSR count). The molecule has 0 aliphatic heterocycles. The molecule has 0 saturated heterocycles. The van der Waals surface area contributed by atoms with Crippen molar-refractivity contribution in [3.05, 3.63) is 10.1 Å². The quantitative estimate of drug-likeness (QED) is 0.246. The van der Waals surface area contributed by atoms with E-state index in [4.69, 9.17) is 31.3 Å². The lowest BCUT2D eigenvalue weighted by atomic mass is 10.3. The van der Waals surface area contributed by atoms with E-state index in [9.17, 15) is 4.79 Å². The van der Waals surface area contributed by atoms with Crippen LogP contribution in [0.15, 0.2) is 0 Å². The van der Waals surface area contributed by atoms with Crippen LogP contribution in [-0.4, -0.2) is 39.1 Å². The van der Waals surface area contributed by atoms with Gasteiger partial charge in [0.1, 0.15) is 6.04 Å². The number of aliphatic hydroxyl groups excluding tert-OH is 1. The van der Waals surface area contributed by atoms with Crippen LogP contribution < -0.4 is 11.9 Å². The summed E-state index contributed by atoms with van der Waals surface area (Å²) in [6.07, 6.45) is 0. The predicted octanol–water partition coefficient (Wildman–Crippen LogP) is -1.80. The van der Waals surface area contributed by atoms with Gasteiger partial charge in [-0.15, -0.1) is 10.1 Å². The van der Waals surface area contributed by atoms with Crippen molar-refractivity contribution in [3.8, 4) is 0 Å². The van der Waals surface area contributed by atoms with E-state index < -0.39 is 23.7 Å². The van der Waals surface area contributed by atoms with Crippen LogP contribution in [0.5, 0.6) is 0 Å². The predicted molar refractivity (Wildman–Crippen MR) is 36.5 cm³/mol. The SMILES string of the molecule is N.N[C@@H](CO)C(=O)O.O=[N+]([O-])O. The van der Waals surface area contributed by atoms with Crippen molar-refractivity contribution < 1.29 is 25.3 Å². The van der Waals surface area contributed by atoms with Crippen molar-refractivity contribution >= 4 is 5.97 Å². The maximum absolute atomic E-state index is 9.65. The summed E-state index contributed by atoms with van der Waals surface area (Å²) in [5, 5.41) is 29.5. The molecule has 0 aromatic carbocycles. The maximum Gasteiger partial charge on any atom is 0.322 e. The van der Waals surface area contributed by atoms with E-state index in [1.54, 1.807) is 0 Å². The zero-order valence-corrected chi connectivity index (χ0v) is 6.08. The van der Waals surface area contributed by atoms with Crippen LogP contribution in [-0.2, 0) is 4.79 Å². The first-order valence-electron chi connectivity index (χ1n) is 2.34. The molecule has 0 aromatic rings. The fraction of sp³-hybridized carbons (Fsp3) is 0.667. The largest absolute Gasteiger partial charge is 0.480 e. The minimum absolute atomic E-state index is 0. The number of hydrogen-bond acceptors (Lipinski definition) is 6. The Morgan fingerprint density at radius 2 is 1.92 bits per heavy atom. The zero-order valence-electron chi connectivity index (χ0n) is 6.08. The standard InChI is InChI=1S/C3H7NO3.HNO3.H3N/c4-2(1-5)3(6)7;2-1(3)4;/h2,5H,1,4H2,(H,6,7);(H,2,3,4);1H3/t2-;;/m0../s1. The molecule has 1 atom stereocenters. The van der Waals surface area contributed by atoms with E-state index in [-0.39, 0.29) is 6.15 Å². The molecule has 0 heterocycles. The van der Waals surface area contributed by atoms with Crippen LogP contribution in [0.2, 0.25) is 0 Å². The number of rotatable bonds is 2. The van der Waals surface area contributed by atoms with Gasteiger partial charge in [-0.3, -0.25) is 4.79 Å². The van der Waals surface area contributed by atoms with Gasteiger partial charge in [-0.2, -0.15) is 0 Å². The topological polar surface area (TPSA) is 182 Å². The fourth-order valence-corrected chi connectivity index (χ4v) is 0.0781. The molecule has 0 radical (unpaired) electrons. The molecular weight excluding hydrogens is 174 g/mol. The Labute approximate surface area is 67.1 Å². The second-order valence-corrected chi connectivity index (χ2v) is 1.37. The highest BCUT2D eigenvalue weighted by molar-refractivity contribution is 5.73. The average molecular weight is 185 g/mol. The number of carbonyl (C=O) groups is 1. The van der Waals surface area contributed by atoms with Gasteiger partial charge < -0.3 is 27.3 Å². The Balaban J connectivity index is -0.000000142. The number of nitrogens with zero attached hydrogens (tertiary/aromatic N) is 1. The van der Waals surface area contributed by atoms with Crippen LogP contribution in [0.25, 0.3) is 0 Å². The van der Waals surface area contributed by atoms with Gasteiger partial charge in [-0.05, 0) is 0 Å². The van der Waals surface area contributed by atoms with E-state index in [0.29, 0.717) is 0 Å². The lowest BCUT2D eigenvalue weighted by Gasteiger charge is -1.96. The van der Waals surface area contributed by atoms with Crippen LogP contribution in [0.3, 0.4) is 0 Å². The summed E-state index contributed by atoms with van der Waals surface area (Å²) in [5.74, 6) is -1.18. The van der Waals surface area contributed by atoms with Crippen LogP contribution in [0.4, 0.5) is 0 Å². The summed E-state index contributed by atoms with van der Waals surface area (Å²) < 4.78 is 0. The molecule has 0 fully saturated rings. The summed E-state index contributed by atoms with van der Waals surface area (Å²) in [7, 11) is 0. The van der Waals surface area contributed by atoms with Crippen LogP contribution in [0.1, 0.15) is 0 Å². The van der Waals surface area contributed by atoms with Gasteiger partial charge in [0.2, 0.25) is 0 Å². The average Bonchev–Trinajstić information content (AvgIpc) is 1.85. The molecule has 0 unspecified atom stereocenters. The highest BCUT2D eigenvalue weighted by Gasteiger charge is 2.06. The molecule has 0 spiro atoms. The molecule has 9 nitrogen and oxygen atoms in total. The third kappa shape index (κ3) is 23.5. The summed E-state index contributed by atoms with van der Waals surface area (Å²) >= 11 is 0. The highest BCUT2D eigenvalue weighted by atomic mass is 16.9. The minimum Gasteiger partial charge on any atom is -0.480 e. The van der Waals surface area contributed by atoms with Crippen molar-refractivity contribution in [2.45, 2.75) is 6.04 Å². The first-order valence-corrected chi connectivity index (χ1v) is 2.34. The Bertz CT molecular complexity index is 134. The number of hydrogen-bond donors (Lipinski definition) is 5. The molecule has 12 heavy (non-hydrogen) atoms. The molecule has 0 aromatic heterocycles. The molecule has 74 valence electrons. The van der Waals surface area contributed by atoms with E-state index in [2.05, 4.69) is 0 Å². The Morgan fingerprint density at radius 3 is 1.92 bits per heavy atom. The third-order valence-electron chi connectivity index (χ3n) is 0.514. The second kappa shape index (κ2) is 9.55. The Kier molecular flexibility index (Phi) is 13.4. The van der Waals surface area contributed by atoms with Crippen LogP contribution in [0, 0.1) is 10.1 Å². The fourth-order valence-electron chi connectivity index (χ4n) is 0.0781. The molecule has 0 bridgehead atoms. The molecule has 0 saturated carbocycles. The number of nitrogens with two attached hydrogens (primary N) is 1. The van der Waals surface area contributed by atoms with Gasteiger partial charge in [0.15, 0.2) is 0 Å². The molecule has 0 aliphatic carbocycles. The number of carboxylic acids is 1. The summed E-state index contributed by atoms with van der Waals surface area (Å²) in [5.41, 5.74) is 4.77. The van der Waals surface area contributed by atoms with Crippen molar-refractivity contribution in [1.82, 2.24) is 6.15 Å². The first kappa shape index (κ1) is 16.9. The van der Waals surface area contributed by atoms with E-state index >= 15 is 0 Å². The van der Waals surface area contributed by atoms with Gasteiger partial charge in [0, 0.05) is 0 Å². The van der Waals surface area contributed by atoms with Crippen molar-refractivity contribution in [3.63, 3.8) is 0 Å². The summed E-state index contributed by atoms with van der Waals surface area (Å²) in [6.45, 7) is -0.505. The Hall–Kier alpha value is -1.45. The number of carboxylic acid groups (broad SMARTS) is 1. The third-order valence-corrected chi connectivity index (χ3v) is 0.514. The lowest BCUT2D eigenvalue weighted by Crippen LogP contribution is -2.33. The second-order valence-electron chi connectivity index (χ2n) is 1.37. The minimum atomic E-state index is -1.50. The van der Waals surface area contributed by atoms with Gasteiger partial charge in [-0.1, -0.05) is 0 Å². The van der Waals surface area contributed by atoms with Crippen molar-refractivity contribution in [2.75, 3.05) is 6.61 Å². The molecule has 0 aliphatic rings. The molecule has 9 heteroatoms. The number of aliphatic carboxylic acids is 1. The monoisotopic (exact) mass is 185 g/mol. The van der Waals surface area contributed by atoms with Crippen molar-refractivity contribution in [1.29, 1.82) is 0 Å². The van der Waals surface area contributed by atoms with Crippen LogP contribution >= 0.6 is 0 Å². The lowest BCUT2D eigenvalue weighted by molar-refractivity contribution is -0.742. The molecule has 8 N–H and O–H groups in total. The highest BCUT2D eigenvalue weighted by Crippen LogP contribution is 1.71. The van der Waals surface area contributed by atoms with E-state index in [0.717, 1.165) is 0 Å². The molecular formula is C3H11N3O6. The molecule has 0 amide bonds. The summed E-state index contributed by atoms with van der Waals surface area (Å²) in [4.78, 5) is 18.0. The first-order chi connectivity index (χ1) is 4.91. The normalized spacial score (nSPS) is 9.83. The van der Waals surface area contributed by atoms with Gasteiger partial charge in [0.05, 0.1) is 6.61 Å².